The van der Waals surface area contributed by atoms with Crippen LogP contribution in [0.1, 0.15) is 19.1 Å². The Morgan fingerprint density at radius 3 is 3.09 bits per heavy atom. The lowest BCUT2D eigenvalue weighted by Gasteiger charge is -2.13. The van der Waals surface area contributed by atoms with E-state index >= 15 is 0 Å². The normalized spacial score (nSPS) is 22.0. The number of fused-ring (bicyclic) bond motifs is 1. The summed E-state index contributed by atoms with van der Waals surface area (Å²) in [5.41, 5.74) is 0.337. The Hall–Kier alpha value is -2.26. The van der Waals surface area contributed by atoms with Crippen LogP contribution in [-0.4, -0.2) is 62.7 Å². The van der Waals surface area contributed by atoms with Crippen LogP contribution in [0.5, 0.6) is 0 Å². The number of aliphatic imine (C=N–C) groups is 1. The van der Waals surface area contributed by atoms with Crippen molar-refractivity contribution in [1.82, 2.24) is 24.4 Å². The first kappa shape index (κ1) is 14.7. The van der Waals surface area contributed by atoms with E-state index in [9.17, 15) is 4.79 Å². The highest BCUT2D eigenvalue weighted by Gasteiger charge is 2.27. The van der Waals surface area contributed by atoms with Gasteiger partial charge in [-0.3, -0.25) is 14.3 Å². The number of H-pyrrole nitrogens is 1. The zero-order valence-corrected chi connectivity index (χ0v) is 12.4. The second-order valence-electron chi connectivity index (χ2n) is 5.39. The van der Waals surface area contributed by atoms with Gasteiger partial charge in [-0.15, -0.1) is 0 Å². The number of nitrogens with zero attached hydrogens (tertiary/aromatic N) is 5. The van der Waals surface area contributed by atoms with Crippen LogP contribution < -0.4 is 5.56 Å². The molecule has 1 fully saturated rings. The van der Waals surface area contributed by atoms with E-state index in [1.54, 1.807) is 15.8 Å². The van der Waals surface area contributed by atoms with Crippen LogP contribution in [-0.2, 0) is 4.74 Å². The Kier molecular flexibility index (Phi) is 3.90. The molecule has 2 N–H and O–H groups in total. The van der Waals surface area contributed by atoms with E-state index in [4.69, 9.17) is 9.84 Å². The molecule has 22 heavy (non-hydrogen) atoms. The van der Waals surface area contributed by atoms with Gasteiger partial charge in [0.25, 0.3) is 5.56 Å². The molecule has 0 saturated carbocycles. The average Bonchev–Trinajstić information content (AvgIpc) is 3.11. The molecule has 0 radical (unpaired) electrons. The summed E-state index contributed by atoms with van der Waals surface area (Å²) < 4.78 is 7.43. The molecular weight excluding hydrogens is 288 g/mol. The highest BCUT2D eigenvalue weighted by Crippen LogP contribution is 2.29. The molecule has 2 aromatic rings. The summed E-state index contributed by atoms with van der Waals surface area (Å²) >= 11 is 0. The monoisotopic (exact) mass is 306 g/mol. The maximum absolute atomic E-state index is 12.1. The van der Waals surface area contributed by atoms with Gasteiger partial charge in [0, 0.05) is 14.1 Å². The average molecular weight is 306 g/mol. The summed E-state index contributed by atoms with van der Waals surface area (Å²) in [6, 6.07) is 0. The van der Waals surface area contributed by atoms with Gasteiger partial charge in [0.2, 0.25) is 5.95 Å². The van der Waals surface area contributed by atoms with Crippen molar-refractivity contribution >= 4 is 23.5 Å². The first-order valence-corrected chi connectivity index (χ1v) is 7.02. The Balaban J connectivity index is 2.00. The van der Waals surface area contributed by atoms with Gasteiger partial charge in [-0.2, -0.15) is 4.98 Å². The summed E-state index contributed by atoms with van der Waals surface area (Å²) in [7, 11) is 3.65. The minimum atomic E-state index is -0.341. The maximum Gasteiger partial charge on any atom is 0.280 e. The Labute approximate surface area is 126 Å². The smallest absolute Gasteiger partial charge is 0.280 e. The van der Waals surface area contributed by atoms with Crippen molar-refractivity contribution in [2.45, 2.75) is 25.2 Å². The third kappa shape index (κ3) is 2.72. The second kappa shape index (κ2) is 5.85. The largest absolute Gasteiger partial charge is 0.394 e. The SMILES string of the molecule is CN(C)/C=N/c1nc2c(ncn2[C@H]2CC[C@@H](CO)O2)c(=O)[nH]1. The summed E-state index contributed by atoms with van der Waals surface area (Å²) in [6.07, 6.45) is 4.13. The Morgan fingerprint density at radius 2 is 2.41 bits per heavy atom. The van der Waals surface area contributed by atoms with Crippen LogP contribution in [0.15, 0.2) is 16.1 Å². The van der Waals surface area contributed by atoms with Gasteiger partial charge in [0.15, 0.2) is 11.2 Å². The Morgan fingerprint density at radius 1 is 1.59 bits per heavy atom. The molecular formula is C13H18N6O3. The molecule has 0 bridgehead atoms. The van der Waals surface area contributed by atoms with Crippen molar-refractivity contribution in [3.05, 3.63) is 16.7 Å². The highest BCUT2D eigenvalue weighted by atomic mass is 16.5. The van der Waals surface area contributed by atoms with Gasteiger partial charge in [-0.05, 0) is 12.8 Å². The van der Waals surface area contributed by atoms with Crippen LogP contribution in [0.3, 0.4) is 0 Å². The lowest BCUT2D eigenvalue weighted by atomic mass is 10.2. The molecule has 1 saturated heterocycles. The molecule has 1 aliphatic heterocycles. The number of aromatic nitrogens is 4. The molecule has 9 heteroatoms. The third-order valence-corrected chi connectivity index (χ3v) is 3.43. The van der Waals surface area contributed by atoms with Crippen molar-refractivity contribution in [3.8, 4) is 0 Å². The van der Waals surface area contributed by atoms with E-state index in [1.165, 1.54) is 6.33 Å². The van der Waals surface area contributed by atoms with E-state index in [0.29, 0.717) is 5.65 Å². The van der Waals surface area contributed by atoms with E-state index in [1.807, 2.05) is 14.1 Å². The summed E-state index contributed by atoms with van der Waals surface area (Å²) in [4.78, 5) is 28.9. The first-order valence-electron chi connectivity index (χ1n) is 7.02. The lowest BCUT2D eigenvalue weighted by Crippen LogP contribution is -2.15. The molecule has 9 nitrogen and oxygen atoms in total. The lowest BCUT2D eigenvalue weighted by molar-refractivity contribution is -0.0207. The van der Waals surface area contributed by atoms with Gasteiger partial charge in [0.05, 0.1) is 25.4 Å². The number of imidazole rings is 1. The van der Waals surface area contributed by atoms with Gasteiger partial charge >= 0.3 is 0 Å². The molecule has 3 heterocycles. The maximum atomic E-state index is 12.1. The van der Waals surface area contributed by atoms with Crippen molar-refractivity contribution in [1.29, 1.82) is 0 Å². The second-order valence-corrected chi connectivity index (χ2v) is 5.39. The predicted molar refractivity (Wildman–Crippen MR) is 80.2 cm³/mol. The highest BCUT2D eigenvalue weighted by molar-refractivity contribution is 5.71. The zero-order valence-electron chi connectivity index (χ0n) is 12.4. The molecule has 0 spiro atoms. The van der Waals surface area contributed by atoms with Crippen molar-refractivity contribution in [2.24, 2.45) is 4.99 Å². The summed E-state index contributed by atoms with van der Waals surface area (Å²) in [5, 5.41) is 9.16. The number of hydrogen-bond acceptors (Lipinski definition) is 6. The minimum Gasteiger partial charge on any atom is -0.394 e. The standard InChI is InChI=1S/C13H18N6O3/c1-18(2)6-15-13-16-11-10(12(21)17-13)14-7-19(11)9-4-3-8(5-20)22-9/h6-9,20H,3-5H2,1-2H3,(H,16,17,21)/b15-6+/t8-,9+/m0/s1. The molecule has 2 aromatic heterocycles. The minimum absolute atomic E-state index is 0.0183. The van der Waals surface area contributed by atoms with E-state index < -0.39 is 0 Å². The number of aliphatic hydroxyl groups excluding tert-OH is 1. The molecule has 0 unspecified atom stereocenters. The van der Waals surface area contributed by atoms with Gasteiger partial charge < -0.3 is 14.7 Å². The van der Waals surface area contributed by atoms with Crippen LogP contribution in [0.25, 0.3) is 11.2 Å². The van der Waals surface area contributed by atoms with Crippen molar-refractivity contribution < 1.29 is 9.84 Å². The van der Waals surface area contributed by atoms with Gasteiger partial charge in [-0.25, -0.2) is 9.98 Å². The number of aliphatic hydroxyl groups is 1. The topological polar surface area (TPSA) is 109 Å². The fourth-order valence-electron chi connectivity index (χ4n) is 2.38. The zero-order chi connectivity index (χ0) is 15.7. The first-order chi connectivity index (χ1) is 10.6. The third-order valence-electron chi connectivity index (χ3n) is 3.43. The van der Waals surface area contributed by atoms with Gasteiger partial charge in [0.1, 0.15) is 6.23 Å². The van der Waals surface area contributed by atoms with Crippen molar-refractivity contribution in [3.63, 3.8) is 0 Å². The van der Waals surface area contributed by atoms with Crippen LogP contribution in [0, 0.1) is 0 Å². The molecule has 0 aliphatic carbocycles. The predicted octanol–water partition coefficient (Wildman–Crippen LogP) is 0.0109. The number of hydrogen-bond donors (Lipinski definition) is 2. The van der Waals surface area contributed by atoms with E-state index in [-0.39, 0.29) is 36.0 Å². The van der Waals surface area contributed by atoms with Crippen molar-refractivity contribution in [2.75, 3.05) is 20.7 Å². The van der Waals surface area contributed by atoms with E-state index in [0.717, 1.165) is 12.8 Å². The summed E-state index contributed by atoms with van der Waals surface area (Å²) in [5.74, 6) is 0.213. The quantitative estimate of drug-likeness (QED) is 0.608. The van der Waals surface area contributed by atoms with E-state index in [2.05, 4.69) is 19.9 Å². The summed E-state index contributed by atoms with van der Waals surface area (Å²) in [6.45, 7) is -0.0183. The Bertz CT molecular complexity index is 750. The molecule has 1 aliphatic rings. The number of nitrogens with one attached hydrogen (secondary N) is 1. The van der Waals surface area contributed by atoms with Crippen LogP contribution >= 0.6 is 0 Å². The molecule has 118 valence electrons. The fraction of sp³-hybridized carbons (Fsp3) is 0.538. The number of rotatable bonds is 4. The molecule has 2 atom stereocenters. The molecule has 3 rings (SSSR count). The molecule has 0 amide bonds. The van der Waals surface area contributed by atoms with Crippen LogP contribution in [0.4, 0.5) is 5.95 Å². The molecule has 0 aromatic carbocycles. The number of ether oxygens (including phenoxy) is 1. The number of aromatic amines is 1. The van der Waals surface area contributed by atoms with Crippen LogP contribution in [0.2, 0.25) is 0 Å². The van der Waals surface area contributed by atoms with Gasteiger partial charge in [-0.1, -0.05) is 0 Å². The fourth-order valence-corrected chi connectivity index (χ4v) is 2.38.